The number of likely N-dealkylation sites (tertiary alicyclic amines) is 1. The molecule has 3 heterocycles. The Morgan fingerprint density at radius 2 is 2.07 bits per heavy atom. The molecule has 2 aromatic heterocycles. The number of aromatic amines is 1. The van der Waals surface area contributed by atoms with Gasteiger partial charge in [-0.15, -0.1) is 0 Å². The van der Waals surface area contributed by atoms with Crippen LogP contribution < -0.4 is 5.56 Å². The number of fused-ring (bicyclic) bond motifs is 1. The van der Waals surface area contributed by atoms with Crippen LogP contribution in [0.25, 0.3) is 10.9 Å². The van der Waals surface area contributed by atoms with Crippen LogP contribution in [0, 0.1) is 18.8 Å². The van der Waals surface area contributed by atoms with Crippen LogP contribution in [0.4, 0.5) is 0 Å². The Labute approximate surface area is 170 Å². The molecule has 0 aromatic carbocycles. The molecule has 1 fully saturated rings. The Balaban J connectivity index is 2.08. The summed E-state index contributed by atoms with van der Waals surface area (Å²) in [4.78, 5) is 30.2. The number of H-pyrrole nitrogens is 1. The van der Waals surface area contributed by atoms with E-state index in [2.05, 4.69) is 28.3 Å². The van der Waals surface area contributed by atoms with Gasteiger partial charge in [0.05, 0.1) is 17.7 Å². The van der Waals surface area contributed by atoms with Gasteiger partial charge in [0.15, 0.2) is 0 Å². The molecule has 0 spiro atoms. The second kappa shape index (κ2) is 7.80. The van der Waals surface area contributed by atoms with Crippen molar-refractivity contribution in [2.24, 2.45) is 7.05 Å². The van der Waals surface area contributed by atoms with Crippen LogP contribution in [-0.2, 0) is 11.8 Å². The van der Waals surface area contributed by atoms with Gasteiger partial charge in [-0.25, -0.2) is 4.79 Å². The fraction of sp³-hybridized carbons (Fsp3) is 0.455. The summed E-state index contributed by atoms with van der Waals surface area (Å²) in [7, 11) is 1.63. The molecule has 1 aliphatic rings. The monoisotopic (exact) mass is 397 g/mol. The first-order valence-electron chi connectivity index (χ1n) is 9.72. The van der Waals surface area contributed by atoms with Crippen molar-refractivity contribution in [3.63, 3.8) is 0 Å². The number of rotatable bonds is 3. The van der Waals surface area contributed by atoms with Crippen molar-refractivity contribution in [3.05, 3.63) is 45.6 Å². The van der Waals surface area contributed by atoms with E-state index in [4.69, 9.17) is 4.74 Å². The quantitative estimate of drug-likeness (QED) is 0.612. The minimum Gasteiger partial charge on any atom is -0.462 e. The van der Waals surface area contributed by atoms with Gasteiger partial charge in [0.1, 0.15) is 11.1 Å². The molecule has 1 aliphatic heterocycles. The van der Waals surface area contributed by atoms with Gasteiger partial charge in [-0.1, -0.05) is 18.4 Å². The predicted molar refractivity (Wildman–Crippen MR) is 112 cm³/mol. The summed E-state index contributed by atoms with van der Waals surface area (Å²) in [6.45, 7) is 10.9. The third kappa shape index (κ3) is 3.94. The maximum atomic E-state index is 12.6. The average Bonchev–Trinajstić information content (AvgIpc) is 3.01. The molecule has 3 rings (SSSR count). The Kier molecular flexibility index (Phi) is 5.58. The summed E-state index contributed by atoms with van der Waals surface area (Å²) in [5, 5.41) is 11.3. The smallest absolute Gasteiger partial charge is 0.340 e. The molecule has 2 aromatic rings. The molecule has 1 saturated heterocycles. The van der Waals surface area contributed by atoms with Crippen molar-refractivity contribution in [3.8, 4) is 11.8 Å². The van der Waals surface area contributed by atoms with Gasteiger partial charge in [0.2, 0.25) is 0 Å². The van der Waals surface area contributed by atoms with Crippen LogP contribution >= 0.6 is 0 Å². The number of carbonyl (C=O) groups is 1. The number of esters is 1. The predicted octanol–water partition coefficient (Wildman–Crippen LogP) is 2.06. The molecule has 0 atom stereocenters. The molecule has 154 valence electrons. The van der Waals surface area contributed by atoms with Gasteiger partial charge in [-0.2, -0.15) is 0 Å². The molecule has 7 nitrogen and oxygen atoms in total. The highest BCUT2D eigenvalue weighted by molar-refractivity contribution is 6.07. The zero-order valence-corrected chi connectivity index (χ0v) is 17.4. The molecule has 2 N–H and O–H groups in total. The van der Waals surface area contributed by atoms with Gasteiger partial charge < -0.3 is 24.3 Å². The van der Waals surface area contributed by atoms with Gasteiger partial charge in [-0.3, -0.25) is 4.79 Å². The first-order chi connectivity index (χ1) is 13.7. The summed E-state index contributed by atoms with van der Waals surface area (Å²) >= 11 is 0. The maximum absolute atomic E-state index is 12.6. The molecule has 7 heteroatoms. The van der Waals surface area contributed by atoms with Crippen LogP contribution in [0.15, 0.2) is 23.3 Å². The largest absolute Gasteiger partial charge is 0.462 e. The number of allylic oxidation sites excluding steroid dienone is 1. The van der Waals surface area contributed by atoms with Crippen molar-refractivity contribution in [1.82, 2.24) is 14.5 Å². The van der Waals surface area contributed by atoms with E-state index < -0.39 is 11.6 Å². The lowest BCUT2D eigenvalue weighted by Gasteiger charge is -2.36. The van der Waals surface area contributed by atoms with E-state index >= 15 is 0 Å². The number of hydrogen-bond donors (Lipinski definition) is 2. The lowest BCUT2D eigenvalue weighted by molar-refractivity contribution is 0.0374. The second-order valence-corrected chi connectivity index (χ2v) is 7.56. The summed E-state index contributed by atoms with van der Waals surface area (Å²) in [6.07, 6.45) is 2.59. The second-order valence-electron chi connectivity index (χ2n) is 7.56. The van der Waals surface area contributed by atoms with E-state index in [0.29, 0.717) is 53.7 Å². The third-order valence-corrected chi connectivity index (χ3v) is 5.35. The topological polar surface area (TPSA) is 87.6 Å². The van der Waals surface area contributed by atoms with Gasteiger partial charge in [0, 0.05) is 56.0 Å². The molecular formula is C22H27N3O4. The summed E-state index contributed by atoms with van der Waals surface area (Å²) in [6, 6.07) is 0. The number of nitrogens with one attached hydrogen (secondary N) is 1. The van der Waals surface area contributed by atoms with Crippen molar-refractivity contribution in [2.45, 2.75) is 39.2 Å². The number of pyridine rings is 1. The number of aliphatic hydroxyl groups is 1. The Hall–Kier alpha value is -2.98. The van der Waals surface area contributed by atoms with E-state index in [9.17, 15) is 14.7 Å². The number of nitrogens with zero attached hydrogens (tertiary/aromatic N) is 2. The highest BCUT2D eigenvalue weighted by Gasteiger charge is 2.30. The average molecular weight is 397 g/mol. The van der Waals surface area contributed by atoms with E-state index in [1.54, 1.807) is 27.1 Å². The number of piperidine rings is 1. The van der Waals surface area contributed by atoms with E-state index in [0.717, 1.165) is 5.70 Å². The lowest BCUT2D eigenvalue weighted by atomic mass is 9.91. The Bertz CT molecular complexity index is 1090. The minimum absolute atomic E-state index is 0.232. The van der Waals surface area contributed by atoms with E-state index in [-0.39, 0.29) is 12.2 Å². The molecule has 29 heavy (non-hydrogen) atoms. The molecule has 0 unspecified atom stereocenters. The van der Waals surface area contributed by atoms with E-state index in [1.165, 1.54) is 4.57 Å². The van der Waals surface area contributed by atoms with Crippen molar-refractivity contribution < 1.29 is 14.6 Å². The van der Waals surface area contributed by atoms with Crippen molar-refractivity contribution in [2.75, 3.05) is 19.7 Å². The number of aromatic nitrogens is 2. The third-order valence-electron chi connectivity index (χ3n) is 5.35. The number of ether oxygens (including phenoxy) is 1. The SMILES string of the molecule is C=C(C)N1CCC(O)(C#Cc2cn(C)c(=O)c3[nH]c(C)c(C(=O)OCC)c23)CC1. The van der Waals surface area contributed by atoms with Gasteiger partial charge in [-0.05, 0) is 20.8 Å². The van der Waals surface area contributed by atoms with Crippen LogP contribution in [0.3, 0.4) is 0 Å². The van der Waals surface area contributed by atoms with Crippen LogP contribution in [0.2, 0.25) is 0 Å². The zero-order chi connectivity index (χ0) is 21.3. The molecule has 0 aliphatic carbocycles. The molecule has 0 amide bonds. The normalized spacial score (nSPS) is 15.7. The van der Waals surface area contributed by atoms with Crippen molar-refractivity contribution in [1.29, 1.82) is 0 Å². The maximum Gasteiger partial charge on any atom is 0.340 e. The minimum atomic E-state index is -1.12. The van der Waals surface area contributed by atoms with Crippen molar-refractivity contribution >= 4 is 16.9 Å². The Morgan fingerprint density at radius 3 is 2.66 bits per heavy atom. The molecule has 0 radical (unpaired) electrons. The Morgan fingerprint density at radius 1 is 1.41 bits per heavy atom. The zero-order valence-electron chi connectivity index (χ0n) is 17.4. The molecular weight excluding hydrogens is 370 g/mol. The first-order valence-corrected chi connectivity index (χ1v) is 9.72. The van der Waals surface area contributed by atoms with E-state index in [1.807, 2.05) is 6.92 Å². The first kappa shape index (κ1) is 20.7. The van der Waals surface area contributed by atoms with Crippen LogP contribution in [0.5, 0.6) is 0 Å². The van der Waals surface area contributed by atoms with Gasteiger partial charge >= 0.3 is 5.97 Å². The number of hydrogen-bond acceptors (Lipinski definition) is 5. The fourth-order valence-corrected chi connectivity index (χ4v) is 3.67. The number of carbonyl (C=O) groups excluding carboxylic acids is 1. The standard InChI is InChI=1S/C22H27N3O4/c1-6-29-21(27)17-15(4)23-19-18(17)16(13-24(5)20(19)26)7-8-22(28)9-11-25(12-10-22)14(2)3/h13,23,28H,2,6,9-12H2,1,3-5H3. The van der Waals surface area contributed by atoms with Gasteiger partial charge in [0.25, 0.3) is 5.56 Å². The van der Waals surface area contributed by atoms with Crippen LogP contribution in [-0.4, -0.2) is 50.8 Å². The highest BCUT2D eigenvalue weighted by atomic mass is 16.5. The van der Waals surface area contributed by atoms with Crippen LogP contribution in [0.1, 0.15) is 48.3 Å². The summed E-state index contributed by atoms with van der Waals surface area (Å²) < 4.78 is 6.59. The summed E-state index contributed by atoms with van der Waals surface area (Å²) in [5.41, 5.74) is 1.28. The fourth-order valence-electron chi connectivity index (χ4n) is 3.67. The molecule has 0 saturated carbocycles. The lowest BCUT2D eigenvalue weighted by Crippen LogP contribution is -2.42. The highest BCUT2D eigenvalue weighted by Crippen LogP contribution is 2.26. The summed E-state index contributed by atoms with van der Waals surface area (Å²) in [5.74, 6) is 5.52. The molecule has 0 bridgehead atoms. The number of aryl methyl sites for hydroxylation is 2.